The first-order valence-corrected chi connectivity index (χ1v) is 12.7. The Morgan fingerprint density at radius 2 is 1.79 bits per heavy atom. The molecule has 0 aliphatic heterocycles. The Kier molecular flexibility index (Phi) is 7.04. The van der Waals surface area contributed by atoms with Gasteiger partial charge in [0.25, 0.3) is 5.91 Å². The number of pyridine rings is 1. The predicted molar refractivity (Wildman–Crippen MR) is 132 cm³/mol. The number of amides is 1. The predicted octanol–water partition coefficient (Wildman–Crippen LogP) is 3.93. The van der Waals surface area contributed by atoms with Crippen LogP contribution >= 0.6 is 0 Å². The van der Waals surface area contributed by atoms with Gasteiger partial charge < -0.3 is 16.4 Å². The summed E-state index contributed by atoms with van der Waals surface area (Å²) < 4.78 is 1.65. The highest BCUT2D eigenvalue weighted by Crippen LogP contribution is 2.35. The minimum atomic E-state index is -0.0865. The summed E-state index contributed by atoms with van der Waals surface area (Å²) in [4.78, 5) is 21.8. The topological polar surface area (TPSA) is 110 Å². The van der Waals surface area contributed by atoms with E-state index in [-0.39, 0.29) is 11.9 Å². The van der Waals surface area contributed by atoms with Gasteiger partial charge in [-0.2, -0.15) is 5.10 Å². The van der Waals surface area contributed by atoms with Crippen LogP contribution in [0.2, 0.25) is 0 Å². The van der Waals surface area contributed by atoms with Gasteiger partial charge in [0.05, 0.1) is 6.20 Å². The standard InChI is InChI=1S/C26H35N7O/c27-21-7-3-18(4-8-21)14-19-5-9-22(10-6-19)31-26(34)23-17-30-33-13-11-24(32-25(23)33)29-16-20-2-1-12-28-15-20/h1-2,11-13,15,17-19,21-22H,3-10,14,16,27H2,(H,29,32)(H,31,34). The molecule has 2 saturated carbocycles. The zero-order valence-corrected chi connectivity index (χ0v) is 19.7. The molecule has 0 atom stereocenters. The molecule has 5 rings (SSSR count). The smallest absolute Gasteiger partial charge is 0.256 e. The van der Waals surface area contributed by atoms with Gasteiger partial charge in [0, 0.05) is 37.2 Å². The zero-order chi connectivity index (χ0) is 23.3. The maximum Gasteiger partial charge on any atom is 0.256 e. The number of hydrogen-bond acceptors (Lipinski definition) is 6. The molecule has 3 heterocycles. The third kappa shape index (κ3) is 5.55. The summed E-state index contributed by atoms with van der Waals surface area (Å²) in [5, 5.41) is 10.9. The number of nitrogens with one attached hydrogen (secondary N) is 2. The monoisotopic (exact) mass is 461 g/mol. The van der Waals surface area contributed by atoms with Crippen LogP contribution < -0.4 is 16.4 Å². The summed E-state index contributed by atoms with van der Waals surface area (Å²) in [6.07, 6.45) is 17.8. The van der Waals surface area contributed by atoms with Crippen molar-refractivity contribution in [2.75, 3.05) is 5.32 Å². The quantitative estimate of drug-likeness (QED) is 0.492. The van der Waals surface area contributed by atoms with Crippen LogP contribution in [0.1, 0.15) is 73.7 Å². The molecule has 0 aromatic carbocycles. The SMILES string of the molecule is NC1CCC(CC2CCC(NC(=O)c3cnn4ccc(NCc5cccnc5)nc34)CC2)CC1. The number of nitrogens with zero attached hydrogens (tertiary/aromatic N) is 4. The Bertz CT molecular complexity index is 1080. The van der Waals surface area contributed by atoms with Gasteiger partial charge in [0.1, 0.15) is 11.4 Å². The highest BCUT2D eigenvalue weighted by Gasteiger charge is 2.27. The van der Waals surface area contributed by atoms with Crippen molar-refractivity contribution in [1.82, 2.24) is 24.9 Å². The summed E-state index contributed by atoms with van der Waals surface area (Å²) >= 11 is 0. The van der Waals surface area contributed by atoms with Crippen LogP contribution in [0.25, 0.3) is 5.65 Å². The second-order valence-electron chi connectivity index (χ2n) is 10.1. The number of rotatable bonds is 7. The zero-order valence-electron chi connectivity index (χ0n) is 19.7. The Labute approximate surface area is 200 Å². The van der Waals surface area contributed by atoms with Crippen LogP contribution in [-0.4, -0.2) is 37.6 Å². The fourth-order valence-electron chi connectivity index (χ4n) is 5.52. The summed E-state index contributed by atoms with van der Waals surface area (Å²) in [5.41, 5.74) is 8.21. The van der Waals surface area contributed by atoms with Crippen LogP contribution in [0.15, 0.2) is 43.0 Å². The van der Waals surface area contributed by atoms with E-state index >= 15 is 0 Å². The van der Waals surface area contributed by atoms with Crippen LogP contribution in [-0.2, 0) is 6.54 Å². The van der Waals surface area contributed by atoms with Crippen molar-refractivity contribution < 1.29 is 4.79 Å². The van der Waals surface area contributed by atoms with Crippen LogP contribution in [0, 0.1) is 11.8 Å². The molecule has 180 valence electrons. The van der Waals surface area contributed by atoms with Gasteiger partial charge in [-0.15, -0.1) is 0 Å². The fraction of sp³-hybridized carbons (Fsp3) is 0.538. The van der Waals surface area contributed by atoms with Crippen molar-refractivity contribution in [3.05, 3.63) is 54.1 Å². The van der Waals surface area contributed by atoms with Crippen LogP contribution in [0.4, 0.5) is 5.82 Å². The normalized spacial score (nSPS) is 25.2. The molecule has 3 aromatic heterocycles. The molecule has 34 heavy (non-hydrogen) atoms. The second-order valence-corrected chi connectivity index (χ2v) is 10.1. The lowest BCUT2D eigenvalue weighted by Crippen LogP contribution is -2.38. The van der Waals surface area contributed by atoms with Gasteiger partial charge in [-0.05, 0) is 87.3 Å². The lowest BCUT2D eigenvalue weighted by Gasteiger charge is -2.33. The molecule has 8 nitrogen and oxygen atoms in total. The van der Waals surface area contributed by atoms with Crippen molar-refractivity contribution in [2.24, 2.45) is 17.6 Å². The minimum absolute atomic E-state index is 0.0865. The lowest BCUT2D eigenvalue weighted by molar-refractivity contribution is 0.0920. The van der Waals surface area contributed by atoms with Gasteiger partial charge in [-0.25, -0.2) is 9.50 Å². The van der Waals surface area contributed by atoms with Gasteiger partial charge in [-0.1, -0.05) is 6.07 Å². The molecule has 8 heteroatoms. The van der Waals surface area contributed by atoms with E-state index in [0.717, 1.165) is 30.2 Å². The van der Waals surface area contributed by atoms with E-state index < -0.39 is 0 Å². The van der Waals surface area contributed by atoms with Crippen molar-refractivity contribution in [3.8, 4) is 0 Å². The van der Waals surface area contributed by atoms with E-state index in [9.17, 15) is 4.79 Å². The number of carbonyl (C=O) groups excluding carboxylic acids is 1. The van der Waals surface area contributed by atoms with E-state index in [1.165, 1.54) is 44.9 Å². The number of fused-ring (bicyclic) bond motifs is 1. The van der Waals surface area contributed by atoms with E-state index in [4.69, 9.17) is 5.73 Å². The molecule has 2 aliphatic rings. The molecule has 3 aromatic rings. The number of anilines is 1. The average molecular weight is 462 g/mol. The highest BCUT2D eigenvalue weighted by molar-refractivity contribution is 5.99. The maximum absolute atomic E-state index is 13.1. The molecule has 4 N–H and O–H groups in total. The maximum atomic E-state index is 13.1. The third-order valence-corrected chi connectivity index (χ3v) is 7.55. The van der Waals surface area contributed by atoms with Crippen molar-refractivity contribution >= 4 is 17.4 Å². The number of hydrogen-bond donors (Lipinski definition) is 3. The van der Waals surface area contributed by atoms with Gasteiger partial charge >= 0.3 is 0 Å². The molecule has 2 aliphatic carbocycles. The highest BCUT2D eigenvalue weighted by atomic mass is 16.1. The van der Waals surface area contributed by atoms with Gasteiger partial charge in [0.2, 0.25) is 0 Å². The third-order valence-electron chi connectivity index (χ3n) is 7.55. The first-order valence-electron chi connectivity index (χ1n) is 12.7. The molecular formula is C26H35N7O. The van der Waals surface area contributed by atoms with Crippen LogP contribution in [0.3, 0.4) is 0 Å². The van der Waals surface area contributed by atoms with Crippen molar-refractivity contribution in [2.45, 2.75) is 76.4 Å². The first kappa shape index (κ1) is 22.8. The first-order chi connectivity index (χ1) is 16.6. The van der Waals surface area contributed by atoms with Gasteiger partial charge in [-0.3, -0.25) is 9.78 Å². The number of nitrogens with two attached hydrogens (primary N) is 1. The average Bonchev–Trinajstić information content (AvgIpc) is 3.29. The van der Waals surface area contributed by atoms with E-state index in [2.05, 4.69) is 25.7 Å². The Balaban J connectivity index is 1.15. The molecule has 0 bridgehead atoms. The lowest BCUT2D eigenvalue weighted by atomic mass is 9.76. The molecule has 0 unspecified atom stereocenters. The largest absolute Gasteiger partial charge is 0.366 e. The Hall–Kier alpha value is -3.00. The van der Waals surface area contributed by atoms with Crippen molar-refractivity contribution in [3.63, 3.8) is 0 Å². The number of carbonyl (C=O) groups is 1. The minimum Gasteiger partial charge on any atom is -0.366 e. The molecule has 0 saturated heterocycles. The molecular weight excluding hydrogens is 426 g/mol. The van der Waals surface area contributed by atoms with Crippen LogP contribution in [0.5, 0.6) is 0 Å². The molecule has 2 fully saturated rings. The summed E-state index contributed by atoms with van der Waals surface area (Å²) in [7, 11) is 0. The van der Waals surface area contributed by atoms with E-state index in [1.807, 2.05) is 30.6 Å². The van der Waals surface area contributed by atoms with E-state index in [1.54, 1.807) is 16.9 Å². The Morgan fingerprint density at radius 1 is 1.03 bits per heavy atom. The summed E-state index contributed by atoms with van der Waals surface area (Å²) in [6.45, 7) is 0.615. The fourth-order valence-corrected chi connectivity index (χ4v) is 5.52. The van der Waals surface area contributed by atoms with E-state index in [0.29, 0.717) is 29.6 Å². The number of aromatic nitrogens is 4. The summed E-state index contributed by atoms with van der Waals surface area (Å²) in [5.74, 6) is 2.26. The summed E-state index contributed by atoms with van der Waals surface area (Å²) in [6, 6.07) is 6.43. The molecule has 1 amide bonds. The molecule has 0 spiro atoms. The van der Waals surface area contributed by atoms with Crippen molar-refractivity contribution in [1.29, 1.82) is 0 Å². The van der Waals surface area contributed by atoms with Gasteiger partial charge in [0.15, 0.2) is 5.65 Å². The Morgan fingerprint density at radius 3 is 2.53 bits per heavy atom. The second kappa shape index (κ2) is 10.5. The molecule has 0 radical (unpaired) electrons.